The van der Waals surface area contributed by atoms with E-state index < -0.39 is 56.9 Å². The molecule has 4 aromatic carbocycles. The lowest BCUT2D eigenvalue weighted by molar-refractivity contribution is -0.140. The Balaban J connectivity index is 1.61. The number of benzene rings is 4. The molecule has 0 radical (unpaired) electrons. The third-order valence-electron chi connectivity index (χ3n) is 8.90. The maximum Gasteiger partial charge on any atom is 0.417 e. The normalized spacial score (nSPS) is 14.5. The third kappa shape index (κ3) is 9.84. The van der Waals surface area contributed by atoms with Crippen molar-refractivity contribution >= 4 is 50.7 Å². The van der Waals surface area contributed by atoms with Crippen LogP contribution in [0, 0.1) is 6.92 Å². The Hall–Kier alpha value is -4.06. The molecule has 270 valence electrons. The van der Waals surface area contributed by atoms with Gasteiger partial charge in [0, 0.05) is 24.0 Å². The summed E-state index contributed by atoms with van der Waals surface area (Å²) in [5.41, 5.74) is 0.389. The number of halogens is 5. The van der Waals surface area contributed by atoms with Crippen LogP contribution in [0.25, 0.3) is 0 Å². The zero-order valence-electron chi connectivity index (χ0n) is 27.9. The van der Waals surface area contributed by atoms with Crippen LogP contribution in [0.5, 0.6) is 0 Å². The summed E-state index contributed by atoms with van der Waals surface area (Å²) in [6.07, 6.45) is -0.286. The van der Waals surface area contributed by atoms with E-state index in [4.69, 9.17) is 23.2 Å². The van der Waals surface area contributed by atoms with E-state index in [1.54, 1.807) is 43.3 Å². The topological polar surface area (TPSA) is 86.8 Å². The molecule has 5 rings (SSSR count). The molecule has 0 saturated heterocycles. The van der Waals surface area contributed by atoms with E-state index in [9.17, 15) is 31.2 Å². The van der Waals surface area contributed by atoms with E-state index in [1.165, 1.54) is 17.0 Å². The lowest BCUT2D eigenvalue weighted by Gasteiger charge is -2.35. The van der Waals surface area contributed by atoms with Crippen molar-refractivity contribution in [3.05, 3.63) is 129 Å². The van der Waals surface area contributed by atoms with E-state index in [0.717, 1.165) is 55.4 Å². The highest BCUT2D eigenvalue weighted by Gasteiger charge is 2.38. The summed E-state index contributed by atoms with van der Waals surface area (Å²) in [4.78, 5) is 30.0. The Kier molecular flexibility index (Phi) is 12.4. The molecular weight excluding hydrogens is 722 g/mol. The smallest absolute Gasteiger partial charge is 0.352 e. The predicted molar refractivity (Wildman–Crippen MR) is 193 cm³/mol. The van der Waals surface area contributed by atoms with Crippen LogP contribution in [0.1, 0.15) is 54.4 Å². The average Bonchev–Trinajstić information content (AvgIpc) is 3.09. The SMILES string of the molecule is Cc1ccc(S(=O)(=O)N(CC(=O)N(Cc2cccc(Cl)c2)[C@H](Cc2ccccc2)C(=O)NC2CCCCC2)c2ccc(Cl)c(C(F)(F)F)c2)cc1. The number of carbonyl (C=O) groups is 2. The summed E-state index contributed by atoms with van der Waals surface area (Å²) in [5, 5.41) is 2.87. The zero-order valence-corrected chi connectivity index (χ0v) is 30.2. The van der Waals surface area contributed by atoms with Crippen LogP contribution in [0.15, 0.2) is 102 Å². The minimum atomic E-state index is -4.91. The molecule has 1 aliphatic carbocycles. The van der Waals surface area contributed by atoms with Crippen molar-refractivity contribution in [2.75, 3.05) is 10.8 Å². The molecule has 0 aromatic heterocycles. The van der Waals surface area contributed by atoms with Gasteiger partial charge in [0.25, 0.3) is 10.0 Å². The first-order valence-electron chi connectivity index (χ1n) is 16.6. The van der Waals surface area contributed by atoms with Crippen molar-refractivity contribution in [2.45, 2.75) is 75.1 Å². The average molecular weight is 761 g/mol. The number of amides is 2. The van der Waals surface area contributed by atoms with Gasteiger partial charge < -0.3 is 10.2 Å². The second-order valence-corrected chi connectivity index (χ2v) is 15.4. The van der Waals surface area contributed by atoms with E-state index in [1.807, 2.05) is 30.3 Å². The van der Waals surface area contributed by atoms with E-state index in [-0.39, 0.29) is 23.9 Å². The minimum Gasteiger partial charge on any atom is -0.352 e. The molecule has 1 N–H and O–H groups in total. The summed E-state index contributed by atoms with van der Waals surface area (Å²) in [6, 6.07) is 23.0. The molecule has 0 bridgehead atoms. The van der Waals surface area contributed by atoms with Crippen LogP contribution in [0.3, 0.4) is 0 Å². The molecule has 1 atom stereocenters. The molecule has 7 nitrogen and oxygen atoms in total. The zero-order chi connectivity index (χ0) is 36.8. The maximum absolute atomic E-state index is 14.7. The first-order chi connectivity index (χ1) is 24.2. The van der Waals surface area contributed by atoms with Gasteiger partial charge in [0.05, 0.1) is 21.2 Å². The van der Waals surface area contributed by atoms with Gasteiger partial charge in [-0.15, -0.1) is 0 Å². The number of carbonyl (C=O) groups excluding carboxylic acids is 2. The van der Waals surface area contributed by atoms with Crippen molar-refractivity contribution < 1.29 is 31.2 Å². The predicted octanol–water partition coefficient (Wildman–Crippen LogP) is 8.60. The number of alkyl halides is 3. The van der Waals surface area contributed by atoms with Gasteiger partial charge in [-0.3, -0.25) is 13.9 Å². The monoisotopic (exact) mass is 759 g/mol. The van der Waals surface area contributed by atoms with Crippen molar-refractivity contribution in [3.8, 4) is 0 Å². The molecule has 0 spiro atoms. The molecule has 1 saturated carbocycles. The highest BCUT2D eigenvalue weighted by molar-refractivity contribution is 7.92. The molecule has 1 aliphatic rings. The molecule has 1 fully saturated rings. The van der Waals surface area contributed by atoms with Crippen LogP contribution in [0.4, 0.5) is 18.9 Å². The Labute approximate surface area is 306 Å². The fraction of sp³-hybridized carbons (Fsp3) is 0.316. The van der Waals surface area contributed by atoms with Crippen LogP contribution in [-0.4, -0.2) is 43.8 Å². The number of hydrogen-bond donors (Lipinski definition) is 1. The van der Waals surface area contributed by atoms with Gasteiger partial charge in [0.1, 0.15) is 12.6 Å². The van der Waals surface area contributed by atoms with Crippen molar-refractivity contribution in [1.29, 1.82) is 0 Å². The van der Waals surface area contributed by atoms with Gasteiger partial charge in [0.2, 0.25) is 11.8 Å². The van der Waals surface area contributed by atoms with Crippen LogP contribution in [0.2, 0.25) is 10.0 Å². The Morgan fingerprint density at radius 3 is 2.18 bits per heavy atom. The molecule has 13 heteroatoms. The van der Waals surface area contributed by atoms with Gasteiger partial charge >= 0.3 is 6.18 Å². The van der Waals surface area contributed by atoms with E-state index in [0.29, 0.717) is 21.0 Å². The Morgan fingerprint density at radius 2 is 1.53 bits per heavy atom. The van der Waals surface area contributed by atoms with Crippen LogP contribution in [-0.2, 0) is 38.8 Å². The molecule has 2 amide bonds. The van der Waals surface area contributed by atoms with Crippen LogP contribution < -0.4 is 9.62 Å². The number of hydrogen-bond acceptors (Lipinski definition) is 4. The minimum absolute atomic E-state index is 0.0928. The van der Waals surface area contributed by atoms with Gasteiger partial charge in [-0.2, -0.15) is 13.2 Å². The Morgan fingerprint density at radius 1 is 0.863 bits per heavy atom. The number of nitrogens with one attached hydrogen (secondary N) is 1. The number of nitrogens with zero attached hydrogens (tertiary/aromatic N) is 2. The molecule has 51 heavy (non-hydrogen) atoms. The van der Waals surface area contributed by atoms with Gasteiger partial charge in [-0.1, -0.05) is 103 Å². The highest BCUT2D eigenvalue weighted by atomic mass is 35.5. The first kappa shape index (κ1) is 38.2. The summed E-state index contributed by atoms with van der Waals surface area (Å²) >= 11 is 12.2. The first-order valence-corrected chi connectivity index (χ1v) is 18.8. The van der Waals surface area contributed by atoms with Gasteiger partial charge in [0.15, 0.2) is 0 Å². The second kappa shape index (κ2) is 16.5. The summed E-state index contributed by atoms with van der Waals surface area (Å²) in [6.45, 7) is 0.699. The fourth-order valence-electron chi connectivity index (χ4n) is 6.18. The van der Waals surface area contributed by atoms with Crippen molar-refractivity contribution in [1.82, 2.24) is 10.2 Å². The molecule has 0 heterocycles. The summed E-state index contributed by atoms with van der Waals surface area (Å²) < 4.78 is 71.2. The second-order valence-electron chi connectivity index (χ2n) is 12.7. The maximum atomic E-state index is 14.7. The van der Waals surface area contributed by atoms with Gasteiger partial charge in [-0.25, -0.2) is 8.42 Å². The van der Waals surface area contributed by atoms with Crippen LogP contribution >= 0.6 is 23.2 Å². The largest absolute Gasteiger partial charge is 0.417 e. The number of rotatable bonds is 12. The van der Waals surface area contributed by atoms with Crippen molar-refractivity contribution in [3.63, 3.8) is 0 Å². The van der Waals surface area contributed by atoms with E-state index >= 15 is 0 Å². The van der Waals surface area contributed by atoms with E-state index in [2.05, 4.69) is 5.32 Å². The van der Waals surface area contributed by atoms with Gasteiger partial charge in [-0.05, 0) is 73.4 Å². The highest BCUT2D eigenvalue weighted by Crippen LogP contribution is 2.38. The fourth-order valence-corrected chi connectivity index (χ4v) is 8.03. The lowest BCUT2D eigenvalue weighted by Crippen LogP contribution is -2.55. The standard InChI is InChI=1S/C38H38Cl2F3N3O4S/c1-26-15-18-32(19-16-26)51(49,50)46(31-17-20-34(40)33(23-31)38(41,42)43)25-36(47)45(24-28-11-8-12-29(39)21-28)35(22-27-9-4-2-5-10-27)37(48)44-30-13-6-3-7-14-30/h2,4-5,8-12,15-21,23,30,35H,3,6-7,13-14,22,24-25H2,1H3,(H,44,48)/t35-/m1/s1. The van der Waals surface area contributed by atoms with Crippen molar-refractivity contribution in [2.24, 2.45) is 0 Å². The lowest BCUT2D eigenvalue weighted by atomic mass is 9.94. The molecular formula is C38H38Cl2F3N3O4S. The summed E-state index contributed by atoms with van der Waals surface area (Å²) in [5.74, 6) is -1.23. The quantitative estimate of drug-likeness (QED) is 0.157. The summed E-state index contributed by atoms with van der Waals surface area (Å²) in [7, 11) is -4.63. The molecule has 4 aromatic rings. The molecule has 0 unspecified atom stereocenters. The Bertz CT molecular complexity index is 1940. The number of sulfonamides is 1. The number of anilines is 1. The molecule has 0 aliphatic heterocycles. The number of aryl methyl sites for hydroxylation is 1. The third-order valence-corrected chi connectivity index (χ3v) is 11.2.